The smallest absolute Gasteiger partial charge is 0.304 e. The number of alkyl halides is 3. The van der Waals surface area contributed by atoms with E-state index in [-0.39, 0.29) is 17.8 Å². The van der Waals surface area contributed by atoms with Gasteiger partial charge in [-0.1, -0.05) is 6.07 Å². The highest BCUT2D eigenvalue weighted by Crippen LogP contribution is 2.34. The average molecular weight is 258 g/mol. The van der Waals surface area contributed by atoms with Gasteiger partial charge in [0.1, 0.15) is 11.4 Å². The van der Waals surface area contributed by atoms with Gasteiger partial charge in [0, 0.05) is 5.54 Å². The molecule has 0 amide bonds. The number of Topliss-reactive ketones (excluding diaryl/α,β-unsaturated/α-hetero) is 1. The predicted octanol–water partition coefficient (Wildman–Crippen LogP) is 2.43. The second-order valence-corrected chi connectivity index (χ2v) is 4.74. The Bertz CT molecular complexity index is 467. The lowest BCUT2D eigenvalue weighted by Crippen LogP contribution is -2.33. The minimum absolute atomic E-state index is 0.0187. The van der Waals surface area contributed by atoms with Crippen molar-refractivity contribution in [1.82, 2.24) is 10.3 Å². The van der Waals surface area contributed by atoms with E-state index in [1.165, 1.54) is 12.1 Å². The van der Waals surface area contributed by atoms with Crippen molar-refractivity contribution in [3.05, 3.63) is 29.6 Å². The number of carbonyl (C=O) groups excluding carboxylic acids is 1. The Morgan fingerprint density at radius 1 is 1.44 bits per heavy atom. The Morgan fingerprint density at radius 3 is 2.67 bits per heavy atom. The molecule has 1 saturated carbocycles. The molecule has 2 rings (SSSR count). The zero-order valence-corrected chi connectivity index (χ0v) is 9.84. The van der Waals surface area contributed by atoms with Gasteiger partial charge in [0.2, 0.25) is 0 Å². The standard InChI is InChI=1S/C12H13F3N2O/c1-11(5-6-11)16-7-9(18)8-3-2-4-10(17-8)12(13,14)15/h2-4,16H,5-7H2,1H3. The number of nitrogens with one attached hydrogen (secondary N) is 1. The minimum atomic E-state index is -4.52. The molecule has 0 saturated heterocycles. The van der Waals surface area contributed by atoms with E-state index in [4.69, 9.17) is 0 Å². The summed E-state index contributed by atoms with van der Waals surface area (Å²) in [4.78, 5) is 15.1. The summed E-state index contributed by atoms with van der Waals surface area (Å²) in [6.45, 7) is 1.99. The van der Waals surface area contributed by atoms with Gasteiger partial charge >= 0.3 is 6.18 Å². The number of hydrogen-bond donors (Lipinski definition) is 1. The van der Waals surface area contributed by atoms with E-state index in [9.17, 15) is 18.0 Å². The maximum absolute atomic E-state index is 12.4. The number of carbonyl (C=O) groups is 1. The van der Waals surface area contributed by atoms with Crippen LogP contribution in [-0.4, -0.2) is 22.9 Å². The number of pyridine rings is 1. The molecular formula is C12H13F3N2O. The molecule has 1 aliphatic carbocycles. The molecule has 1 aliphatic rings. The summed E-state index contributed by atoms with van der Waals surface area (Å²) in [7, 11) is 0. The molecule has 3 nitrogen and oxygen atoms in total. The van der Waals surface area contributed by atoms with Gasteiger partial charge in [-0.3, -0.25) is 4.79 Å². The van der Waals surface area contributed by atoms with Crippen molar-refractivity contribution < 1.29 is 18.0 Å². The van der Waals surface area contributed by atoms with Gasteiger partial charge in [0.25, 0.3) is 0 Å². The van der Waals surface area contributed by atoms with Crippen LogP contribution in [0.25, 0.3) is 0 Å². The molecule has 0 atom stereocenters. The molecule has 1 aromatic rings. The molecule has 0 radical (unpaired) electrons. The Morgan fingerprint density at radius 2 is 2.11 bits per heavy atom. The average Bonchev–Trinajstić information content (AvgIpc) is 3.04. The fraction of sp³-hybridized carbons (Fsp3) is 0.500. The molecule has 0 bridgehead atoms. The number of ketones is 1. The van der Waals surface area contributed by atoms with Gasteiger partial charge in [-0.15, -0.1) is 0 Å². The zero-order valence-electron chi connectivity index (χ0n) is 9.84. The highest BCUT2D eigenvalue weighted by molar-refractivity contribution is 5.95. The van der Waals surface area contributed by atoms with Gasteiger partial charge in [-0.25, -0.2) is 4.98 Å². The van der Waals surface area contributed by atoms with Crippen LogP contribution < -0.4 is 5.32 Å². The molecule has 1 fully saturated rings. The fourth-order valence-corrected chi connectivity index (χ4v) is 1.50. The van der Waals surface area contributed by atoms with E-state index in [0.717, 1.165) is 18.9 Å². The predicted molar refractivity (Wildman–Crippen MR) is 59.2 cm³/mol. The molecule has 1 N–H and O–H groups in total. The molecule has 1 aromatic heterocycles. The van der Waals surface area contributed by atoms with Crippen LogP contribution in [0.4, 0.5) is 13.2 Å². The Balaban J connectivity index is 2.05. The van der Waals surface area contributed by atoms with E-state index in [1.807, 2.05) is 6.92 Å². The molecule has 6 heteroatoms. The Labute approximate surface area is 102 Å². The molecule has 98 valence electrons. The van der Waals surface area contributed by atoms with Crippen molar-refractivity contribution in [2.45, 2.75) is 31.5 Å². The molecule has 0 unspecified atom stereocenters. The maximum atomic E-state index is 12.4. The molecule has 0 aliphatic heterocycles. The van der Waals surface area contributed by atoms with Crippen LogP contribution in [0.3, 0.4) is 0 Å². The van der Waals surface area contributed by atoms with Crippen LogP contribution in [-0.2, 0) is 6.18 Å². The van der Waals surface area contributed by atoms with Gasteiger partial charge < -0.3 is 5.32 Å². The molecule has 1 heterocycles. The van der Waals surface area contributed by atoms with E-state index in [0.29, 0.717) is 0 Å². The van der Waals surface area contributed by atoms with Gasteiger partial charge in [0.05, 0.1) is 6.54 Å². The summed E-state index contributed by atoms with van der Waals surface area (Å²) >= 11 is 0. The SMILES string of the molecule is CC1(NCC(=O)c2cccc(C(F)(F)F)n2)CC1. The number of nitrogens with zero attached hydrogens (tertiary/aromatic N) is 1. The summed E-state index contributed by atoms with van der Waals surface area (Å²) in [6.07, 6.45) is -2.56. The van der Waals surface area contributed by atoms with Crippen molar-refractivity contribution in [1.29, 1.82) is 0 Å². The van der Waals surface area contributed by atoms with Crippen molar-refractivity contribution in [2.75, 3.05) is 6.54 Å². The first-order valence-electron chi connectivity index (χ1n) is 5.63. The summed E-state index contributed by atoms with van der Waals surface area (Å²) in [5.41, 5.74) is -1.22. The maximum Gasteiger partial charge on any atom is 0.433 e. The first-order valence-corrected chi connectivity index (χ1v) is 5.63. The minimum Gasteiger partial charge on any atom is -0.304 e. The topological polar surface area (TPSA) is 42.0 Å². The third-order valence-electron chi connectivity index (χ3n) is 3.00. The second kappa shape index (κ2) is 4.35. The lowest BCUT2D eigenvalue weighted by Gasteiger charge is -2.11. The molecular weight excluding hydrogens is 245 g/mol. The van der Waals surface area contributed by atoms with E-state index in [1.54, 1.807) is 0 Å². The van der Waals surface area contributed by atoms with Crippen LogP contribution in [0.15, 0.2) is 18.2 Å². The summed E-state index contributed by atoms with van der Waals surface area (Å²) < 4.78 is 37.3. The normalized spacial score (nSPS) is 17.6. The number of rotatable bonds is 4. The van der Waals surface area contributed by atoms with Gasteiger partial charge in [0.15, 0.2) is 5.78 Å². The van der Waals surface area contributed by atoms with Crippen LogP contribution in [0.5, 0.6) is 0 Å². The van der Waals surface area contributed by atoms with Crippen molar-refractivity contribution >= 4 is 5.78 Å². The zero-order chi connectivity index (χ0) is 13.4. The quantitative estimate of drug-likeness (QED) is 0.843. The summed E-state index contributed by atoms with van der Waals surface area (Å²) in [5, 5.41) is 3.02. The number of aromatic nitrogens is 1. The molecule has 18 heavy (non-hydrogen) atoms. The van der Waals surface area contributed by atoms with Crippen molar-refractivity contribution in [2.24, 2.45) is 0 Å². The van der Waals surface area contributed by atoms with E-state index >= 15 is 0 Å². The Hall–Kier alpha value is -1.43. The second-order valence-electron chi connectivity index (χ2n) is 4.74. The number of halogens is 3. The monoisotopic (exact) mass is 258 g/mol. The van der Waals surface area contributed by atoms with Crippen LogP contribution in [0.2, 0.25) is 0 Å². The van der Waals surface area contributed by atoms with Crippen molar-refractivity contribution in [3.63, 3.8) is 0 Å². The van der Waals surface area contributed by atoms with Crippen LogP contribution >= 0.6 is 0 Å². The van der Waals surface area contributed by atoms with Crippen LogP contribution in [0, 0.1) is 0 Å². The number of hydrogen-bond acceptors (Lipinski definition) is 3. The van der Waals surface area contributed by atoms with Crippen LogP contribution in [0.1, 0.15) is 35.9 Å². The van der Waals surface area contributed by atoms with E-state index in [2.05, 4.69) is 10.3 Å². The lowest BCUT2D eigenvalue weighted by molar-refractivity contribution is -0.141. The highest BCUT2D eigenvalue weighted by atomic mass is 19.4. The molecule has 0 aromatic carbocycles. The summed E-state index contributed by atoms with van der Waals surface area (Å²) in [5.74, 6) is -0.422. The fourth-order valence-electron chi connectivity index (χ4n) is 1.50. The summed E-state index contributed by atoms with van der Waals surface area (Å²) in [6, 6.07) is 3.35. The lowest BCUT2D eigenvalue weighted by atomic mass is 10.2. The van der Waals surface area contributed by atoms with E-state index < -0.39 is 17.7 Å². The molecule has 0 spiro atoms. The first kappa shape index (κ1) is 13.0. The highest BCUT2D eigenvalue weighted by Gasteiger charge is 2.37. The third-order valence-corrected chi connectivity index (χ3v) is 3.00. The largest absolute Gasteiger partial charge is 0.433 e. The Kier molecular flexibility index (Phi) is 3.14. The van der Waals surface area contributed by atoms with Gasteiger partial charge in [-0.05, 0) is 31.9 Å². The first-order chi connectivity index (χ1) is 8.30. The van der Waals surface area contributed by atoms with Crippen molar-refractivity contribution in [3.8, 4) is 0 Å². The van der Waals surface area contributed by atoms with Gasteiger partial charge in [-0.2, -0.15) is 13.2 Å². The third kappa shape index (κ3) is 3.07.